The van der Waals surface area contributed by atoms with E-state index < -0.39 is 0 Å². The van der Waals surface area contributed by atoms with Crippen LogP contribution in [0.2, 0.25) is 10.3 Å². The van der Waals surface area contributed by atoms with E-state index in [0.29, 0.717) is 15.3 Å². The van der Waals surface area contributed by atoms with Crippen LogP contribution in [0.5, 0.6) is 0 Å². The van der Waals surface area contributed by atoms with Gasteiger partial charge in [-0.15, -0.1) is 0 Å². The monoisotopic (exact) mass is 302 g/mol. The summed E-state index contributed by atoms with van der Waals surface area (Å²) in [6.07, 6.45) is 0. The van der Waals surface area contributed by atoms with Gasteiger partial charge in [-0.05, 0) is 39.7 Å². The molecule has 0 atom stereocenters. The molecule has 76 valence electrons. The van der Waals surface area contributed by atoms with E-state index in [1.165, 1.54) is 0 Å². The lowest BCUT2D eigenvalue weighted by Crippen LogP contribution is -1.88. The fourth-order valence-electron chi connectivity index (χ4n) is 1.20. The van der Waals surface area contributed by atoms with E-state index in [2.05, 4.69) is 25.9 Å². The molecule has 0 saturated heterocycles. The van der Waals surface area contributed by atoms with Gasteiger partial charge in [-0.25, -0.2) is 9.97 Å². The Morgan fingerprint density at radius 1 is 1.07 bits per heavy atom. The highest BCUT2D eigenvalue weighted by Gasteiger charge is 2.06. The van der Waals surface area contributed by atoms with Gasteiger partial charge in [0.2, 0.25) is 5.28 Å². The van der Waals surface area contributed by atoms with Crippen LogP contribution in [-0.4, -0.2) is 9.97 Å². The maximum atomic E-state index is 6.04. The Balaban J connectivity index is 2.59. The quantitative estimate of drug-likeness (QED) is 0.582. The van der Waals surface area contributed by atoms with Crippen LogP contribution in [0.1, 0.15) is 0 Å². The van der Waals surface area contributed by atoms with Gasteiger partial charge in [0.25, 0.3) is 0 Å². The van der Waals surface area contributed by atoms with Gasteiger partial charge in [0.05, 0.1) is 5.69 Å². The van der Waals surface area contributed by atoms with Crippen LogP contribution < -0.4 is 0 Å². The van der Waals surface area contributed by atoms with E-state index in [1.54, 1.807) is 12.1 Å². The molecule has 0 radical (unpaired) electrons. The third-order valence-corrected chi connectivity index (χ3v) is 2.72. The summed E-state index contributed by atoms with van der Waals surface area (Å²) in [6, 6.07) is 9.22. The number of hydrogen-bond acceptors (Lipinski definition) is 2. The Morgan fingerprint density at radius 2 is 1.80 bits per heavy atom. The lowest BCUT2D eigenvalue weighted by Gasteiger charge is -2.03. The molecule has 0 aliphatic heterocycles. The van der Waals surface area contributed by atoms with Crippen molar-refractivity contribution in [1.82, 2.24) is 9.97 Å². The zero-order chi connectivity index (χ0) is 10.8. The Labute approximate surface area is 105 Å². The average Bonchev–Trinajstić information content (AvgIpc) is 2.16. The first kappa shape index (κ1) is 10.9. The van der Waals surface area contributed by atoms with E-state index in [9.17, 15) is 0 Å². The lowest BCUT2D eigenvalue weighted by molar-refractivity contribution is 1.14. The van der Waals surface area contributed by atoms with Crippen LogP contribution in [0.25, 0.3) is 11.3 Å². The molecule has 15 heavy (non-hydrogen) atoms. The van der Waals surface area contributed by atoms with Crippen molar-refractivity contribution in [2.75, 3.05) is 0 Å². The van der Waals surface area contributed by atoms with Crippen LogP contribution in [-0.2, 0) is 0 Å². The van der Waals surface area contributed by atoms with Crippen LogP contribution in [0, 0.1) is 0 Å². The van der Waals surface area contributed by atoms with Gasteiger partial charge < -0.3 is 0 Å². The van der Waals surface area contributed by atoms with E-state index in [1.807, 2.05) is 18.2 Å². The fourth-order valence-corrected chi connectivity index (χ4v) is 2.10. The molecular weight excluding hydrogens is 299 g/mol. The molecule has 0 spiro atoms. The predicted octanol–water partition coefficient (Wildman–Crippen LogP) is 4.21. The topological polar surface area (TPSA) is 25.8 Å². The third kappa shape index (κ3) is 2.48. The number of halogens is 3. The molecule has 0 fully saturated rings. The molecule has 0 aliphatic carbocycles. The second-order valence-corrected chi connectivity index (χ2v) is 4.38. The first-order chi connectivity index (χ1) is 7.16. The standard InChI is InChI=1S/C10H5BrCl2N2/c11-9-5-8(14-10(13)15-9)6-3-1-2-4-7(6)12/h1-5H. The number of nitrogens with zero attached hydrogens (tertiary/aromatic N) is 2. The minimum absolute atomic E-state index is 0.194. The van der Waals surface area contributed by atoms with Crippen molar-refractivity contribution < 1.29 is 0 Å². The molecule has 2 rings (SSSR count). The van der Waals surface area contributed by atoms with Gasteiger partial charge in [-0.3, -0.25) is 0 Å². The molecule has 2 aromatic rings. The maximum absolute atomic E-state index is 6.04. The summed E-state index contributed by atoms with van der Waals surface area (Å²) in [5, 5.41) is 0.832. The molecule has 2 nitrogen and oxygen atoms in total. The molecular formula is C10H5BrCl2N2. The van der Waals surface area contributed by atoms with Gasteiger partial charge in [-0.2, -0.15) is 0 Å². The first-order valence-electron chi connectivity index (χ1n) is 4.12. The summed E-state index contributed by atoms with van der Waals surface area (Å²) >= 11 is 15.1. The summed E-state index contributed by atoms with van der Waals surface area (Å²) < 4.78 is 0.636. The van der Waals surface area contributed by atoms with Crippen molar-refractivity contribution >= 4 is 39.1 Å². The van der Waals surface area contributed by atoms with E-state index in [-0.39, 0.29) is 5.28 Å². The minimum Gasteiger partial charge on any atom is -0.218 e. The Kier molecular flexibility index (Phi) is 3.24. The van der Waals surface area contributed by atoms with Crippen molar-refractivity contribution in [3.8, 4) is 11.3 Å². The summed E-state index contributed by atoms with van der Waals surface area (Å²) in [5.41, 5.74) is 1.54. The van der Waals surface area contributed by atoms with E-state index >= 15 is 0 Å². The van der Waals surface area contributed by atoms with E-state index in [4.69, 9.17) is 23.2 Å². The average molecular weight is 304 g/mol. The molecule has 0 saturated carbocycles. The van der Waals surface area contributed by atoms with Gasteiger partial charge in [0.15, 0.2) is 0 Å². The minimum atomic E-state index is 0.194. The normalized spacial score (nSPS) is 10.3. The molecule has 0 amide bonds. The number of hydrogen-bond donors (Lipinski definition) is 0. The molecule has 1 aromatic carbocycles. The van der Waals surface area contributed by atoms with Crippen molar-refractivity contribution in [3.63, 3.8) is 0 Å². The highest BCUT2D eigenvalue weighted by atomic mass is 79.9. The van der Waals surface area contributed by atoms with Gasteiger partial charge in [-0.1, -0.05) is 29.8 Å². The smallest absolute Gasteiger partial charge is 0.218 e. The summed E-state index contributed by atoms with van der Waals surface area (Å²) in [5.74, 6) is 0. The van der Waals surface area contributed by atoms with Crippen molar-refractivity contribution in [1.29, 1.82) is 0 Å². The third-order valence-electron chi connectivity index (χ3n) is 1.82. The molecule has 0 N–H and O–H groups in total. The van der Waals surface area contributed by atoms with Crippen LogP contribution in [0.15, 0.2) is 34.9 Å². The summed E-state index contributed by atoms with van der Waals surface area (Å²) in [6.45, 7) is 0. The highest BCUT2D eigenvalue weighted by Crippen LogP contribution is 2.27. The first-order valence-corrected chi connectivity index (χ1v) is 5.67. The van der Waals surface area contributed by atoms with Crippen LogP contribution >= 0.6 is 39.1 Å². The second kappa shape index (κ2) is 4.47. The zero-order valence-corrected chi connectivity index (χ0v) is 10.5. The van der Waals surface area contributed by atoms with Crippen LogP contribution in [0.3, 0.4) is 0 Å². The lowest BCUT2D eigenvalue weighted by atomic mass is 10.1. The van der Waals surface area contributed by atoms with Gasteiger partial charge >= 0.3 is 0 Å². The molecule has 0 bridgehead atoms. The van der Waals surface area contributed by atoms with Crippen molar-refractivity contribution in [2.24, 2.45) is 0 Å². The van der Waals surface area contributed by atoms with Gasteiger partial charge in [0.1, 0.15) is 4.60 Å². The van der Waals surface area contributed by atoms with Crippen LogP contribution in [0.4, 0.5) is 0 Å². The van der Waals surface area contributed by atoms with Crippen molar-refractivity contribution in [3.05, 3.63) is 45.2 Å². The van der Waals surface area contributed by atoms with Crippen molar-refractivity contribution in [2.45, 2.75) is 0 Å². The number of rotatable bonds is 1. The van der Waals surface area contributed by atoms with E-state index in [0.717, 1.165) is 5.56 Å². The number of benzene rings is 1. The summed E-state index contributed by atoms with van der Waals surface area (Å²) in [4.78, 5) is 8.02. The zero-order valence-electron chi connectivity index (χ0n) is 7.42. The SMILES string of the molecule is Clc1nc(Br)cc(-c2ccccc2Cl)n1. The highest BCUT2D eigenvalue weighted by molar-refractivity contribution is 9.10. The second-order valence-electron chi connectivity index (χ2n) is 2.82. The molecule has 5 heteroatoms. The largest absolute Gasteiger partial charge is 0.223 e. The Morgan fingerprint density at radius 3 is 2.47 bits per heavy atom. The maximum Gasteiger partial charge on any atom is 0.223 e. The predicted molar refractivity (Wildman–Crippen MR) is 65.2 cm³/mol. The summed E-state index contributed by atoms with van der Waals surface area (Å²) in [7, 11) is 0. The number of aromatic nitrogens is 2. The molecule has 0 unspecified atom stereocenters. The van der Waals surface area contributed by atoms with Gasteiger partial charge in [0, 0.05) is 10.6 Å². The molecule has 0 aliphatic rings. The molecule has 1 aromatic heterocycles. The Bertz CT molecular complexity index is 482. The Hall–Kier alpha value is -0.640. The fraction of sp³-hybridized carbons (Fsp3) is 0. The molecule has 1 heterocycles.